The van der Waals surface area contributed by atoms with Crippen LogP contribution in [-0.4, -0.2) is 0 Å². The van der Waals surface area contributed by atoms with Gasteiger partial charge in [0.05, 0.1) is 0 Å². The van der Waals surface area contributed by atoms with Crippen molar-refractivity contribution in [1.29, 1.82) is 0 Å². The molecule has 0 saturated heterocycles. The van der Waals surface area contributed by atoms with E-state index in [-0.39, 0.29) is 24.8 Å². The quantitative estimate of drug-likeness (QED) is 0.581. The van der Waals surface area contributed by atoms with Crippen LogP contribution in [0.5, 0.6) is 0 Å². The number of hydrogen-bond acceptors (Lipinski definition) is 0. The molecule has 0 heterocycles. The van der Waals surface area contributed by atoms with E-state index in [4.69, 9.17) is 0 Å². The van der Waals surface area contributed by atoms with Gasteiger partial charge in [-0.1, -0.05) is 0 Å². The average Bonchev–Trinajstić information content (AvgIpc) is 2.51. The first kappa shape index (κ1) is 18.0. The molecule has 0 aliphatic carbocycles. The van der Waals surface area contributed by atoms with Crippen molar-refractivity contribution in [2.24, 2.45) is 0 Å². The molecule has 0 radical (unpaired) electrons. The second kappa shape index (κ2) is 9.03. The van der Waals surface area contributed by atoms with Crippen LogP contribution in [-0.2, 0) is 16.8 Å². The van der Waals surface area contributed by atoms with Crippen LogP contribution in [0.25, 0.3) is 0 Å². The first-order chi connectivity index (χ1) is 9.45. The molecule has 21 heavy (non-hydrogen) atoms. The zero-order chi connectivity index (χ0) is 12.9. The predicted molar refractivity (Wildman–Crippen MR) is 92.7 cm³/mol. The van der Waals surface area contributed by atoms with E-state index in [9.17, 15) is 0 Å². The molecule has 0 unspecified atom stereocenters. The first-order valence-electron chi connectivity index (χ1n) is 6.21. The number of halogens is 2. The van der Waals surface area contributed by atoms with Crippen LogP contribution in [0.2, 0.25) is 0 Å². The summed E-state index contributed by atoms with van der Waals surface area (Å²) in [5, 5.41) is 0. The van der Waals surface area contributed by atoms with Crippen molar-refractivity contribution in [3.8, 4) is 0 Å². The third kappa shape index (κ3) is 4.43. The van der Waals surface area contributed by atoms with E-state index >= 15 is 0 Å². The molecular formula is C18H17Cl2Pd. The fraction of sp³-hybridized carbons (Fsp3) is 0. The summed E-state index contributed by atoms with van der Waals surface area (Å²) in [7, 11) is 0. The molecule has 3 aromatic rings. The third-order valence-electron chi connectivity index (χ3n) is 2.69. The van der Waals surface area contributed by atoms with Gasteiger partial charge in [-0.3, -0.25) is 0 Å². The van der Waals surface area contributed by atoms with Crippen molar-refractivity contribution in [3.63, 3.8) is 0 Å². The van der Waals surface area contributed by atoms with Gasteiger partial charge in [0.1, 0.15) is 0 Å². The van der Waals surface area contributed by atoms with Crippen molar-refractivity contribution in [2.75, 3.05) is 0 Å². The van der Waals surface area contributed by atoms with Gasteiger partial charge in [0.15, 0.2) is 0 Å². The van der Waals surface area contributed by atoms with E-state index in [2.05, 4.69) is 91.0 Å². The van der Waals surface area contributed by atoms with Gasteiger partial charge in [0.25, 0.3) is 0 Å². The standard InChI is InChI=1S/3C6H5.2ClH.Pd/c3*1-2-4-6-5-3-1;;;/h3*1-5H;2*1H;. The zero-order valence-corrected chi connectivity index (χ0v) is 14.5. The second-order valence-corrected chi connectivity index (χ2v) is 7.88. The SMILES string of the molecule is Cl.Cl.c1cc[c]([Pd]([c]2ccccc2)[c]2ccccc2)cc1. The molecule has 0 aliphatic heterocycles. The molecule has 0 aliphatic rings. The Labute approximate surface area is 144 Å². The fourth-order valence-corrected chi connectivity index (χ4v) is 5.85. The number of rotatable bonds is 3. The Bertz CT molecular complexity index is 533. The van der Waals surface area contributed by atoms with Crippen LogP contribution < -0.4 is 12.1 Å². The summed E-state index contributed by atoms with van der Waals surface area (Å²) in [6, 6.07) is 32.6. The molecular weight excluding hydrogens is 394 g/mol. The van der Waals surface area contributed by atoms with Gasteiger partial charge in [-0.25, -0.2) is 0 Å². The van der Waals surface area contributed by atoms with Crippen molar-refractivity contribution in [2.45, 2.75) is 0 Å². The monoisotopic (exact) mass is 409 g/mol. The molecule has 0 saturated carbocycles. The van der Waals surface area contributed by atoms with Crippen molar-refractivity contribution >= 4 is 36.9 Å². The second-order valence-electron chi connectivity index (χ2n) is 4.02. The maximum atomic E-state index is 2.25. The van der Waals surface area contributed by atoms with Gasteiger partial charge >= 0.3 is 120 Å². The van der Waals surface area contributed by atoms with E-state index in [1.807, 2.05) is 0 Å². The Morgan fingerprint density at radius 3 is 0.857 bits per heavy atom. The minimum absolute atomic E-state index is 0. The van der Waals surface area contributed by atoms with E-state index in [0.29, 0.717) is 0 Å². The molecule has 0 amide bonds. The summed E-state index contributed by atoms with van der Waals surface area (Å²) < 4.78 is 4.35. The van der Waals surface area contributed by atoms with Gasteiger partial charge < -0.3 is 0 Å². The summed E-state index contributed by atoms with van der Waals surface area (Å²) in [5.41, 5.74) is 0. The van der Waals surface area contributed by atoms with Gasteiger partial charge in [-0.05, 0) is 0 Å². The van der Waals surface area contributed by atoms with Gasteiger partial charge in [-0.15, -0.1) is 24.8 Å². The molecule has 3 rings (SSSR count). The van der Waals surface area contributed by atoms with E-state index in [1.165, 1.54) is 12.1 Å². The van der Waals surface area contributed by atoms with Crippen LogP contribution in [0, 0.1) is 0 Å². The third-order valence-corrected chi connectivity index (χ3v) is 6.93. The molecule has 0 aromatic heterocycles. The predicted octanol–water partition coefficient (Wildman–Crippen LogP) is 3.42. The van der Waals surface area contributed by atoms with Crippen LogP contribution >= 0.6 is 24.8 Å². The number of benzene rings is 3. The van der Waals surface area contributed by atoms with Crippen LogP contribution in [0.15, 0.2) is 91.0 Å². The van der Waals surface area contributed by atoms with Crippen molar-refractivity contribution in [1.82, 2.24) is 0 Å². The Balaban J connectivity index is 0.00000110. The Morgan fingerprint density at radius 1 is 0.381 bits per heavy atom. The summed E-state index contributed by atoms with van der Waals surface area (Å²) in [6.45, 7) is 0. The molecule has 3 aromatic carbocycles. The average molecular weight is 411 g/mol. The van der Waals surface area contributed by atoms with Crippen LogP contribution in [0.3, 0.4) is 0 Å². The van der Waals surface area contributed by atoms with Gasteiger partial charge in [0.2, 0.25) is 0 Å². The molecule has 0 N–H and O–H groups in total. The molecule has 0 fully saturated rings. The molecule has 3 heteroatoms. The maximum absolute atomic E-state index is 2.25. The molecule has 0 nitrogen and oxygen atoms in total. The van der Waals surface area contributed by atoms with Crippen molar-refractivity contribution in [3.05, 3.63) is 91.0 Å². The zero-order valence-electron chi connectivity index (χ0n) is 11.3. The van der Waals surface area contributed by atoms with E-state index in [1.54, 1.807) is 0 Å². The van der Waals surface area contributed by atoms with E-state index < -0.39 is 16.8 Å². The van der Waals surface area contributed by atoms with Gasteiger partial charge in [-0.2, -0.15) is 0 Å². The summed E-state index contributed by atoms with van der Waals surface area (Å²) in [4.78, 5) is 0. The minimum atomic E-state index is -1.05. The van der Waals surface area contributed by atoms with Crippen LogP contribution in [0.4, 0.5) is 0 Å². The summed E-state index contributed by atoms with van der Waals surface area (Å²) in [6.07, 6.45) is 0. The normalized spacial score (nSPS) is 10.0. The summed E-state index contributed by atoms with van der Waals surface area (Å²) in [5.74, 6) is 0. The summed E-state index contributed by atoms with van der Waals surface area (Å²) >= 11 is -1.05. The molecule has 113 valence electrons. The Hall–Kier alpha value is -1.10. The Kier molecular flexibility index (Phi) is 7.72. The van der Waals surface area contributed by atoms with Gasteiger partial charge in [0, 0.05) is 0 Å². The topological polar surface area (TPSA) is 0 Å². The van der Waals surface area contributed by atoms with Crippen molar-refractivity contribution < 1.29 is 16.8 Å². The van der Waals surface area contributed by atoms with Crippen LogP contribution in [0.1, 0.15) is 0 Å². The van der Waals surface area contributed by atoms with E-state index in [0.717, 1.165) is 0 Å². The fourth-order valence-electron chi connectivity index (χ4n) is 1.84. The molecule has 0 spiro atoms. The Morgan fingerprint density at radius 2 is 0.619 bits per heavy atom. The number of hydrogen-bond donors (Lipinski definition) is 0. The molecule has 0 atom stereocenters. The molecule has 0 bridgehead atoms. The first-order valence-corrected chi connectivity index (χ1v) is 8.54.